The molecule has 2 aromatic heterocycles. The molecule has 3 aromatic rings. The molecule has 36 heavy (non-hydrogen) atoms. The highest BCUT2D eigenvalue weighted by Crippen LogP contribution is 2.43. The summed E-state index contributed by atoms with van der Waals surface area (Å²) in [5.74, 6) is -0.302. The Bertz CT molecular complexity index is 1290. The average Bonchev–Trinajstić information content (AvgIpc) is 3.17. The van der Waals surface area contributed by atoms with Crippen LogP contribution in [0.1, 0.15) is 39.0 Å². The van der Waals surface area contributed by atoms with Crippen molar-refractivity contribution in [2.75, 3.05) is 35.2 Å². The fraction of sp³-hybridized carbons (Fsp3) is 0.423. The minimum Gasteiger partial charge on any atom is -0.361 e. The number of halogens is 2. The van der Waals surface area contributed by atoms with Gasteiger partial charge in [0.15, 0.2) is 5.82 Å². The molecule has 190 valence electrons. The second kappa shape index (κ2) is 9.25. The molecule has 4 heterocycles. The van der Waals surface area contributed by atoms with E-state index < -0.39 is 11.6 Å². The lowest BCUT2D eigenvalue weighted by molar-refractivity contribution is 0.259. The quantitative estimate of drug-likeness (QED) is 0.485. The zero-order valence-electron chi connectivity index (χ0n) is 21.1. The zero-order valence-corrected chi connectivity index (χ0v) is 21.1. The van der Waals surface area contributed by atoms with Gasteiger partial charge in [-0.25, -0.2) is 23.7 Å². The van der Waals surface area contributed by atoms with Crippen LogP contribution in [0.15, 0.2) is 30.5 Å². The first-order chi connectivity index (χ1) is 17.1. The highest BCUT2D eigenvalue weighted by Gasteiger charge is 2.36. The van der Waals surface area contributed by atoms with Crippen LogP contribution in [-0.4, -0.2) is 51.2 Å². The highest BCUT2D eigenvalue weighted by atomic mass is 19.1. The standard InChI is InChI=1S/C26H32F2N8/c1-15-31-24-18(27)11-17(12-21(24)36(15)26(2,3)4)23-19(28)13-30-25(34-23)33-22-6-5-16-14-35(10-8-29)9-7-20(16)32-22/h5-6,11-13,15,31H,7-10,14,29H2,1-4H3,(H,30,32,33,34). The number of rotatable bonds is 5. The Morgan fingerprint density at radius 2 is 1.97 bits per heavy atom. The minimum atomic E-state index is -0.625. The number of pyridine rings is 1. The predicted molar refractivity (Wildman–Crippen MR) is 138 cm³/mol. The lowest BCUT2D eigenvalue weighted by Gasteiger charge is -2.37. The van der Waals surface area contributed by atoms with E-state index in [-0.39, 0.29) is 23.3 Å². The third-order valence-corrected chi connectivity index (χ3v) is 6.62. The Morgan fingerprint density at radius 3 is 2.72 bits per heavy atom. The van der Waals surface area contributed by atoms with Gasteiger partial charge in [0.05, 0.1) is 23.7 Å². The van der Waals surface area contributed by atoms with E-state index in [2.05, 4.69) is 51.2 Å². The summed E-state index contributed by atoms with van der Waals surface area (Å²) >= 11 is 0. The number of hydrogen-bond donors (Lipinski definition) is 3. The van der Waals surface area contributed by atoms with Crippen molar-refractivity contribution >= 4 is 23.1 Å². The molecule has 0 amide bonds. The summed E-state index contributed by atoms with van der Waals surface area (Å²) in [6, 6.07) is 6.98. The van der Waals surface area contributed by atoms with E-state index in [1.54, 1.807) is 6.07 Å². The summed E-state index contributed by atoms with van der Waals surface area (Å²) in [5.41, 5.74) is 9.07. The monoisotopic (exact) mass is 494 g/mol. The van der Waals surface area contributed by atoms with E-state index in [1.165, 1.54) is 11.6 Å². The van der Waals surface area contributed by atoms with Crippen molar-refractivity contribution < 1.29 is 8.78 Å². The molecule has 5 rings (SSSR count). The van der Waals surface area contributed by atoms with E-state index in [9.17, 15) is 4.39 Å². The van der Waals surface area contributed by atoms with Crippen LogP contribution >= 0.6 is 0 Å². The maximum absolute atomic E-state index is 15.1. The molecule has 1 atom stereocenters. The van der Waals surface area contributed by atoms with Gasteiger partial charge in [-0.3, -0.25) is 4.90 Å². The van der Waals surface area contributed by atoms with E-state index >= 15 is 4.39 Å². The Morgan fingerprint density at radius 1 is 1.17 bits per heavy atom. The lowest BCUT2D eigenvalue weighted by atomic mass is 10.0. The van der Waals surface area contributed by atoms with Crippen LogP contribution in [0.2, 0.25) is 0 Å². The molecular formula is C26H32F2N8. The molecule has 2 aliphatic rings. The third kappa shape index (κ3) is 4.58. The third-order valence-electron chi connectivity index (χ3n) is 6.62. The van der Waals surface area contributed by atoms with Crippen molar-refractivity contribution in [1.29, 1.82) is 0 Å². The molecule has 0 saturated carbocycles. The van der Waals surface area contributed by atoms with Crippen molar-refractivity contribution in [3.63, 3.8) is 0 Å². The molecule has 10 heteroatoms. The van der Waals surface area contributed by atoms with Crippen molar-refractivity contribution in [3.05, 3.63) is 53.4 Å². The van der Waals surface area contributed by atoms with Gasteiger partial charge in [-0.1, -0.05) is 6.07 Å². The number of nitrogens with zero attached hydrogens (tertiary/aromatic N) is 5. The first kappa shape index (κ1) is 24.3. The van der Waals surface area contributed by atoms with E-state index in [0.717, 1.165) is 37.9 Å². The van der Waals surface area contributed by atoms with E-state index in [1.807, 2.05) is 19.1 Å². The smallest absolute Gasteiger partial charge is 0.229 e. The summed E-state index contributed by atoms with van der Waals surface area (Å²) < 4.78 is 30.0. The average molecular weight is 495 g/mol. The molecule has 0 spiro atoms. The molecule has 2 aliphatic heterocycles. The second-order valence-electron chi connectivity index (χ2n) is 10.3. The summed E-state index contributed by atoms with van der Waals surface area (Å²) in [5, 5.41) is 6.27. The van der Waals surface area contributed by atoms with Gasteiger partial charge in [-0.05, 0) is 51.5 Å². The van der Waals surface area contributed by atoms with Crippen LogP contribution in [0.25, 0.3) is 11.3 Å². The Hall–Kier alpha value is -3.37. The number of fused-ring (bicyclic) bond motifs is 2. The molecule has 1 unspecified atom stereocenters. The van der Waals surface area contributed by atoms with E-state index in [4.69, 9.17) is 10.7 Å². The Labute approximate surface area is 209 Å². The minimum absolute atomic E-state index is 0.0259. The van der Waals surface area contributed by atoms with Gasteiger partial charge < -0.3 is 21.3 Å². The Balaban J connectivity index is 1.44. The summed E-state index contributed by atoms with van der Waals surface area (Å²) in [7, 11) is 0. The summed E-state index contributed by atoms with van der Waals surface area (Å²) in [6.07, 6.45) is 1.82. The van der Waals surface area contributed by atoms with Gasteiger partial charge in [-0.15, -0.1) is 0 Å². The van der Waals surface area contributed by atoms with Gasteiger partial charge >= 0.3 is 0 Å². The predicted octanol–water partition coefficient (Wildman–Crippen LogP) is 4.25. The number of hydrogen-bond acceptors (Lipinski definition) is 8. The summed E-state index contributed by atoms with van der Waals surface area (Å²) in [6.45, 7) is 11.3. The van der Waals surface area contributed by atoms with Crippen LogP contribution in [0.4, 0.5) is 31.9 Å². The topological polar surface area (TPSA) is 95.2 Å². The number of aromatic nitrogens is 3. The Kier molecular flexibility index (Phi) is 6.25. The van der Waals surface area contributed by atoms with Gasteiger partial charge in [0.2, 0.25) is 5.95 Å². The van der Waals surface area contributed by atoms with Gasteiger partial charge in [0.1, 0.15) is 17.3 Å². The molecular weight excluding hydrogens is 462 g/mol. The maximum Gasteiger partial charge on any atom is 0.229 e. The second-order valence-corrected chi connectivity index (χ2v) is 10.3. The molecule has 8 nitrogen and oxygen atoms in total. The van der Waals surface area contributed by atoms with E-state index in [0.29, 0.717) is 29.3 Å². The van der Waals surface area contributed by atoms with Crippen molar-refractivity contribution in [1.82, 2.24) is 19.9 Å². The van der Waals surface area contributed by atoms with Crippen molar-refractivity contribution in [2.45, 2.75) is 52.4 Å². The number of nitrogens with two attached hydrogens (primary N) is 1. The van der Waals surface area contributed by atoms with Crippen molar-refractivity contribution in [3.8, 4) is 11.3 Å². The molecule has 0 aliphatic carbocycles. The number of nitrogens with one attached hydrogen (secondary N) is 2. The van der Waals surface area contributed by atoms with Crippen LogP contribution in [0.5, 0.6) is 0 Å². The molecule has 4 N–H and O–H groups in total. The zero-order chi connectivity index (χ0) is 25.6. The number of anilines is 4. The maximum atomic E-state index is 15.1. The summed E-state index contributed by atoms with van der Waals surface area (Å²) in [4.78, 5) is 17.6. The van der Waals surface area contributed by atoms with Gasteiger partial charge in [-0.2, -0.15) is 0 Å². The fourth-order valence-corrected chi connectivity index (χ4v) is 5.15. The van der Waals surface area contributed by atoms with Gasteiger partial charge in [0, 0.05) is 49.4 Å². The molecule has 0 bridgehead atoms. The SMILES string of the molecule is CC1Nc2c(F)cc(-c3nc(Nc4ccc5c(n4)CCN(CCN)C5)ncc3F)cc2N1C(C)(C)C. The van der Waals surface area contributed by atoms with Crippen molar-refractivity contribution in [2.24, 2.45) is 5.73 Å². The van der Waals surface area contributed by atoms with Crippen LogP contribution < -0.4 is 21.3 Å². The van der Waals surface area contributed by atoms with Gasteiger partial charge in [0.25, 0.3) is 0 Å². The first-order valence-corrected chi connectivity index (χ1v) is 12.2. The van der Waals surface area contributed by atoms with Crippen LogP contribution in [0, 0.1) is 11.6 Å². The molecule has 0 radical (unpaired) electrons. The molecule has 0 fully saturated rings. The fourth-order valence-electron chi connectivity index (χ4n) is 5.15. The highest BCUT2D eigenvalue weighted by molar-refractivity contribution is 5.82. The first-order valence-electron chi connectivity index (χ1n) is 12.2. The molecule has 1 aromatic carbocycles. The largest absolute Gasteiger partial charge is 0.361 e. The normalized spacial score (nSPS) is 17.5. The van der Waals surface area contributed by atoms with Crippen LogP contribution in [0.3, 0.4) is 0 Å². The molecule has 0 saturated heterocycles. The van der Waals surface area contributed by atoms with Crippen LogP contribution in [-0.2, 0) is 13.0 Å². The number of benzene rings is 1. The lowest BCUT2D eigenvalue weighted by Crippen LogP contribution is -2.46.